The molecule has 0 spiro atoms. The van der Waals surface area contributed by atoms with Crippen LogP contribution in [0.25, 0.3) is 0 Å². The van der Waals surface area contributed by atoms with Crippen LogP contribution in [0.15, 0.2) is 42.5 Å². The lowest BCUT2D eigenvalue weighted by atomic mass is 10.1. The molecule has 2 aromatic rings. The zero-order valence-electron chi connectivity index (χ0n) is 14.7. The lowest BCUT2D eigenvalue weighted by Gasteiger charge is -2.37. The number of aryl methyl sites for hydroxylation is 1. The van der Waals surface area contributed by atoms with Crippen LogP contribution in [-0.4, -0.2) is 36.2 Å². The van der Waals surface area contributed by atoms with E-state index in [0.717, 1.165) is 29.1 Å². The lowest BCUT2D eigenvalue weighted by Crippen LogP contribution is -2.50. The Morgan fingerprint density at radius 2 is 1.67 bits per heavy atom. The summed E-state index contributed by atoms with van der Waals surface area (Å²) in [6.07, 6.45) is -4.31. The molecule has 8 heteroatoms. The summed E-state index contributed by atoms with van der Waals surface area (Å²) in [5.41, 5.74) is 1.98. The zero-order chi connectivity index (χ0) is 19.6. The van der Waals surface area contributed by atoms with Crippen molar-refractivity contribution in [3.05, 3.63) is 58.6 Å². The van der Waals surface area contributed by atoms with Gasteiger partial charge in [0.2, 0.25) is 0 Å². The number of rotatable bonds is 2. The summed E-state index contributed by atoms with van der Waals surface area (Å²) in [4.78, 5) is 4.10. The molecule has 0 atom stereocenters. The van der Waals surface area contributed by atoms with Crippen LogP contribution in [0, 0.1) is 6.92 Å². The molecule has 27 heavy (non-hydrogen) atoms. The molecule has 1 saturated heterocycles. The van der Waals surface area contributed by atoms with Crippen molar-refractivity contribution in [2.75, 3.05) is 36.4 Å². The molecule has 1 aliphatic rings. The van der Waals surface area contributed by atoms with Gasteiger partial charge in [0.05, 0.1) is 5.56 Å². The van der Waals surface area contributed by atoms with Gasteiger partial charge in [-0.3, -0.25) is 0 Å². The Bertz CT molecular complexity index is 816. The van der Waals surface area contributed by atoms with E-state index in [2.05, 4.69) is 10.2 Å². The van der Waals surface area contributed by atoms with E-state index in [1.54, 1.807) is 0 Å². The van der Waals surface area contributed by atoms with Gasteiger partial charge in [0.25, 0.3) is 0 Å². The van der Waals surface area contributed by atoms with Gasteiger partial charge in [-0.2, -0.15) is 13.2 Å². The van der Waals surface area contributed by atoms with Gasteiger partial charge in [-0.15, -0.1) is 0 Å². The van der Waals surface area contributed by atoms with E-state index in [1.165, 1.54) is 12.1 Å². The first-order chi connectivity index (χ1) is 12.7. The van der Waals surface area contributed by atoms with E-state index >= 15 is 0 Å². The maximum Gasteiger partial charge on any atom is 0.416 e. The van der Waals surface area contributed by atoms with Gasteiger partial charge in [-0.25, -0.2) is 0 Å². The van der Waals surface area contributed by atoms with Crippen molar-refractivity contribution in [2.24, 2.45) is 0 Å². The maximum absolute atomic E-state index is 12.7. The second kappa shape index (κ2) is 7.94. The highest BCUT2D eigenvalue weighted by Crippen LogP contribution is 2.30. The highest BCUT2D eigenvalue weighted by Gasteiger charge is 2.30. The van der Waals surface area contributed by atoms with Crippen LogP contribution >= 0.6 is 23.8 Å². The number of hydrogen-bond donors (Lipinski definition) is 1. The molecule has 3 rings (SSSR count). The molecular formula is C19H19ClF3N3S. The molecule has 0 saturated carbocycles. The first-order valence-corrected chi connectivity index (χ1v) is 9.27. The van der Waals surface area contributed by atoms with E-state index in [1.807, 2.05) is 30.0 Å². The molecule has 1 heterocycles. The summed E-state index contributed by atoms with van der Waals surface area (Å²) in [6, 6.07) is 11.0. The van der Waals surface area contributed by atoms with Gasteiger partial charge in [0.15, 0.2) is 5.11 Å². The molecule has 0 aromatic heterocycles. The van der Waals surface area contributed by atoms with Crippen LogP contribution in [0.2, 0.25) is 5.02 Å². The van der Waals surface area contributed by atoms with Crippen molar-refractivity contribution in [3.63, 3.8) is 0 Å². The standard InChI is InChI=1S/C19H19ClF3N3S/c1-13-2-5-15(12-17(13)20)24-18(27)26-10-8-25(9-11-26)16-6-3-14(4-7-16)19(21,22)23/h2-7,12H,8-11H2,1H3,(H,24,27). The summed E-state index contributed by atoms with van der Waals surface area (Å²) in [7, 11) is 0. The van der Waals surface area contributed by atoms with E-state index in [-0.39, 0.29) is 0 Å². The van der Waals surface area contributed by atoms with Gasteiger partial charge in [-0.05, 0) is 61.1 Å². The average molecular weight is 414 g/mol. The van der Waals surface area contributed by atoms with Crippen LogP contribution in [0.5, 0.6) is 0 Å². The van der Waals surface area contributed by atoms with Crippen LogP contribution in [0.3, 0.4) is 0 Å². The predicted molar refractivity (Wildman–Crippen MR) is 108 cm³/mol. The number of hydrogen-bond acceptors (Lipinski definition) is 2. The smallest absolute Gasteiger partial charge is 0.368 e. The fraction of sp³-hybridized carbons (Fsp3) is 0.316. The Balaban J connectivity index is 1.56. The minimum atomic E-state index is -4.31. The van der Waals surface area contributed by atoms with Crippen LogP contribution in [0.4, 0.5) is 24.5 Å². The minimum Gasteiger partial charge on any atom is -0.368 e. The third-order valence-electron chi connectivity index (χ3n) is 4.55. The Hall–Kier alpha value is -1.99. The second-order valence-electron chi connectivity index (χ2n) is 6.41. The van der Waals surface area contributed by atoms with Crippen molar-refractivity contribution in [1.29, 1.82) is 0 Å². The minimum absolute atomic E-state index is 0.613. The average Bonchev–Trinajstić information content (AvgIpc) is 2.64. The van der Waals surface area contributed by atoms with E-state index in [0.29, 0.717) is 36.3 Å². The summed E-state index contributed by atoms with van der Waals surface area (Å²) in [5, 5.41) is 4.48. The largest absolute Gasteiger partial charge is 0.416 e. The Morgan fingerprint density at radius 3 is 2.22 bits per heavy atom. The fourth-order valence-electron chi connectivity index (χ4n) is 2.90. The molecule has 1 fully saturated rings. The second-order valence-corrected chi connectivity index (χ2v) is 7.21. The number of nitrogens with one attached hydrogen (secondary N) is 1. The molecule has 0 unspecified atom stereocenters. The first kappa shape index (κ1) is 19.8. The SMILES string of the molecule is Cc1ccc(NC(=S)N2CCN(c3ccc(C(F)(F)F)cc3)CC2)cc1Cl. The van der Waals surface area contributed by atoms with Gasteiger partial charge >= 0.3 is 6.18 Å². The third-order valence-corrected chi connectivity index (χ3v) is 5.32. The first-order valence-electron chi connectivity index (χ1n) is 8.48. The highest BCUT2D eigenvalue weighted by molar-refractivity contribution is 7.80. The lowest BCUT2D eigenvalue weighted by molar-refractivity contribution is -0.137. The number of thiocarbonyl (C=S) groups is 1. The molecule has 0 amide bonds. The molecule has 2 aromatic carbocycles. The number of nitrogens with zero attached hydrogens (tertiary/aromatic N) is 2. The van der Waals surface area contributed by atoms with E-state index < -0.39 is 11.7 Å². The fourth-order valence-corrected chi connectivity index (χ4v) is 3.38. The normalized spacial score (nSPS) is 15.0. The summed E-state index contributed by atoms with van der Waals surface area (Å²) >= 11 is 11.6. The summed E-state index contributed by atoms with van der Waals surface area (Å²) in [6.45, 7) is 4.67. The van der Waals surface area contributed by atoms with Gasteiger partial charge in [0.1, 0.15) is 0 Å². The van der Waals surface area contributed by atoms with Crippen molar-refractivity contribution < 1.29 is 13.2 Å². The van der Waals surface area contributed by atoms with Crippen LogP contribution < -0.4 is 10.2 Å². The number of benzene rings is 2. The summed E-state index contributed by atoms with van der Waals surface area (Å²) < 4.78 is 38.0. The van der Waals surface area contributed by atoms with Crippen molar-refractivity contribution in [3.8, 4) is 0 Å². The van der Waals surface area contributed by atoms with Gasteiger partial charge in [-0.1, -0.05) is 17.7 Å². The molecule has 0 radical (unpaired) electrons. The van der Waals surface area contributed by atoms with E-state index in [4.69, 9.17) is 23.8 Å². The molecule has 3 nitrogen and oxygen atoms in total. The molecule has 144 valence electrons. The maximum atomic E-state index is 12.7. The monoisotopic (exact) mass is 413 g/mol. The summed E-state index contributed by atoms with van der Waals surface area (Å²) in [5.74, 6) is 0. The topological polar surface area (TPSA) is 18.5 Å². The molecule has 1 aliphatic heterocycles. The third kappa shape index (κ3) is 4.84. The van der Waals surface area contributed by atoms with Gasteiger partial charge in [0, 0.05) is 42.6 Å². The molecular weight excluding hydrogens is 395 g/mol. The quantitative estimate of drug-likeness (QED) is 0.683. The van der Waals surface area contributed by atoms with Gasteiger partial charge < -0.3 is 15.1 Å². The van der Waals surface area contributed by atoms with Crippen LogP contribution in [-0.2, 0) is 6.18 Å². The molecule has 1 N–H and O–H groups in total. The Labute approximate surface area is 166 Å². The van der Waals surface area contributed by atoms with E-state index in [9.17, 15) is 13.2 Å². The van der Waals surface area contributed by atoms with Crippen molar-refractivity contribution in [2.45, 2.75) is 13.1 Å². The number of anilines is 2. The number of halogens is 4. The number of alkyl halides is 3. The van der Waals surface area contributed by atoms with Crippen molar-refractivity contribution in [1.82, 2.24) is 4.90 Å². The predicted octanol–water partition coefficient (Wildman–Crippen LogP) is 5.19. The zero-order valence-corrected chi connectivity index (χ0v) is 16.3. The number of piperazine rings is 1. The van der Waals surface area contributed by atoms with Crippen LogP contribution in [0.1, 0.15) is 11.1 Å². The van der Waals surface area contributed by atoms with Crippen molar-refractivity contribution >= 4 is 40.3 Å². The Kier molecular flexibility index (Phi) is 5.81. The highest BCUT2D eigenvalue weighted by atomic mass is 35.5. The molecule has 0 aliphatic carbocycles. The Morgan fingerprint density at radius 1 is 1.04 bits per heavy atom. The molecule has 0 bridgehead atoms.